The Morgan fingerprint density at radius 3 is 2.73 bits per heavy atom. The Balaban J connectivity index is 2.30. The summed E-state index contributed by atoms with van der Waals surface area (Å²) >= 11 is 0. The highest BCUT2D eigenvalue weighted by Gasteiger charge is 2.31. The van der Waals surface area contributed by atoms with E-state index in [-0.39, 0.29) is 35.3 Å². The summed E-state index contributed by atoms with van der Waals surface area (Å²) in [5.74, 6) is 0.733. The number of hydrogen-bond donors (Lipinski definition) is 1. The quantitative estimate of drug-likeness (QED) is 0.613. The van der Waals surface area contributed by atoms with Crippen LogP contribution in [0.15, 0.2) is 16.9 Å². The first-order valence-electron chi connectivity index (χ1n) is 6.65. The number of carbonyl (C=O) groups is 2. The van der Waals surface area contributed by atoms with Gasteiger partial charge in [0.05, 0.1) is 5.52 Å². The molecule has 1 N–H and O–H groups in total. The van der Waals surface area contributed by atoms with Crippen molar-refractivity contribution in [1.82, 2.24) is 14.5 Å². The standard InChI is InChI=1S/C15H12FN3O3/c1-3-8-6-9(16)13-11(7-8)19(15(22)18(13)2)10-4-5-12(20)17-14(10)21/h1,6-7,10H,4-5H2,2H3,(H,17,20,21). The zero-order valence-corrected chi connectivity index (χ0v) is 11.7. The largest absolute Gasteiger partial charge is 0.329 e. The molecule has 7 heteroatoms. The predicted molar refractivity (Wildman–Crippen MR) is 76.5 cm³/mol. The number of aryl methyl sites for hydroxylation is 1. The van der Waals surface area contributed by atoms with Gasteiger partial charge in [0.2, 0.25) is 11.8 Å². The fraction of sp³-hybridized carbons (Fsp3) is 0.267. The Labute approximate surface area is 124 Å². The highest BCUT2D eigenvalue weighted by Crippen LogP contribution is 2.25. The Hall–Kier alpha value is -2.88. The van der Waals surface area contributed by atoms with E-state index < -0.39 is 23.5 Å². The van der Waals surface area contributed by atoms with Gasteiger partial charge in [0.1, 0.15) is 17.4 Å². The maximum atomic E-state index is 14.2. The zero-order chi connectivity index (χ0) is 16.0. The molecule has 1 aliphatic rings. The van der Waals surface area contributed by atoms with E-state index in [1.54, 1.807) is 0 Å². The van der Waals surface area contributed by atoms with E-state index in [0.29, 0.717) is 0 Å². The number of fused-ring (bicyclic) bond motifs is 1. The van der Waals surface area contributed by atoms with E-state index in [9.17, 15) is 18.8 Å². The summed E-state index contributed by atoms with van der Waals surface area (Å²) in [7, 11) is 1.42. The highest BCUT2D eigenvalue weighted by molar-refractivity contribution is 6.00. The number of piperidine rings is 1. The van der Waals surface area contributed by atoms with Gasteiger partial charge < -0.3 is 0 Å². The minimum Gasteiger partial charge on any atom is -0.295 e. The number of imidazole rings is 1. The van der Waals surface area contributed by atoms with Crippen LogP contribution in [0.5, 0.6) is 0 Å². The van der Waals surface area contributed by atoms with E-state index in [0.717, 1.165) is 10.6 Å². The number of hydrogen-bond acceptors (Lipinski definition) is 3. The zero-order valence-electron chi connectivity index (χ0n) is 11.7. The molecule has 22 heavy (non-hydrogen) atoms. The SMILES string of the molecule is C#Cc1cc(F)c2c(c1)n(C1CCC(=O)NC1=O)c(=O)n2C. The molecule has 112 valence electrons. The lowest BCUT2D eigenvalue weighted by molar-refractivity contribution is -0.135. The number of rotatable bonds is 1. The third-order valence-corrected chi connectivity index (χ3v) is 3.82. The molecule has 0 aliphatic carbocycles. The van der Waals surface area contributed by atoms with Crippen LogP contribution < -0.4 is 11.0 Å². The smallest absolute Gasteiger partial charge is 0.295 e. The summed E-state index contributed by atoms with van der Waals surface area (Å²) in [6, 6.07) is 1.79. The fourth-order valence-corrected chi connectivity index (χ4v) is 2.77. The van der Waals surface area contributed by atoms with Gasteiger partial charge in [-0.05, 0) is 18.6 Å². The summed E-state index contributed by atoms with van der Waals surface area (Å²) in [6.07, 6.45) is 5.60. The second-order valence-corrected chi connectivity index (χ2v) is 5.15. The van der Waals surface area contributed by atoms with Crippen molar-refractivity contribution >= 4 is 22.8 Å². The second kappa shape index (κ2) is 4.84. The lowest BCUT2D eigenvalue weighted by Crippen LogP contribution is -2.44. The molecular formula is C15H12FN3O3. The van der Waals surface area contributed by atoms with Crippen molar-refractivity contribution in [2.45, 2.75) is 18.9 Å². The third-order valence-electron chi connectivity index (χ3n) is 3.82. The van der Waals surface area contributed by atoms with Crippen molar-refractivity contribution in [2.24, 2.45) is 7.05 Å². The molecule has 1 aliphatic heterocycles. The minimum atomic E-state index is -0.860. The van der Waals surface area contributed by atoms with Crippen molar-refractivity contribution in [3.63, 3.8) is 0 Å². The second-order valence-electron chi connectivity index (χ2n) is 5.15. The first-order valence-corrected chi connectivity index (χ1v) is 6.65. The van der Waals surface area contributed by atoms with Crippen LogP contribution in [-0.4, -0.2) is 20.9 Å². The molecule has 0 saturated carbocycles. The van der Waals surface area contributed by atoms with Gasteiger partial charge in [-0.15, -0.1) is 6.42 Å². The number of terminal acetylenes is 1. The monoisotopic (exact) mass is 301 g/mol. The molecule has 1 saturated heterocycles. The average molecular weight is 301 g/mol. The third kappa shape index (κ3) is 1.92. The number of benzene rings is 1. The molecule has 0 bridgehead atoms. The molecule has 0 spiro atoms. The van der Waals surface area contributed by atoms with Gasteiger partial charge in [-0.25, -0.2) is 9.18 Å². The molecule has 1 fully saturated rings. The number of amides is 2. The van der Waals surface area contributed by atoms with Gasteiger partial charge in [0, 0.05) is 19.0 Å². The summed E-state index contributed by atoms with van der Waals surface area (Å²) in [4.78, 5) is 35.7. The van der Waals surface area contributed by atoms with Crippen LogP contribution in [0.3, 0.4) is 0 Å². The van der Waals surface area contributed by atoms with Crippen molar-refractivity contribution in [3.05, 3.63) is 34.0 Å². The topological polar surface area (TPSA) is 73.1 Å². The molecule has 1 atom stereocenters. The maximum Gasteiger partial charge on any atom is 0.329 e. The summed E-state index contributed by atoms with van der Waals surface area (Å²) in [5.41, 5.74) is 0.0675. The molecule has 2 heterocycles. The van der Waals surface area contributed by atoms with Crippen molar-refractivity contribution in [1.29, 1.82) is 0 Å². The highest BCUT2D eigenvalue weighted by atomic mass is 19.1. The van der Waals surface area contributed by atoms with Gasteiger partial charge in [0.15, 0.2) is 0 Å². The number of imide groups is 1. The number of halogens is 1. The Bertz CT molecular complexity index is 917. The number of carbonyl (C=O) groups excluding carboxylic acids is 2. The summed E-state index contributed by atoms with van der Waals surface area (Å²) in [6.45, 7) is 0. The first kappa shape index (κ1) is 14.1. The molecule has 6 nitrogen and oxygen atoms in total. The Morgan fingerprint density at radius 2 is 2.09 bits per heavy atom. The maximum absolute atomic E-state index is 14.2. The van der Waals surface area contributed by atoms with Crippen molar-refractivity contribution in [2.75, 3.05) is 0 Å². The van der Waals surface area contributed by atoms with E-state index in [2.05, 4.69) is 11.2 Å². The van der Waals surface area contributed by atoms with Gasteiger partial charge in [-0.1, -0.05) is 5.92 Å². The summed E-state index contributed by atoms with van der Waals surface area (Å²) in [5, 5.41) is 2.19. The van der Waals surface area contributed by atoms with Gasteiger partial charge >= 0.3 is 5.69 Å². The summed E-state index contributed by atoms with van der Waals surface area (Å²) < 4.78 is 16.5. The van der Waals surface area contributed by atoms with Gasteiger partial charge in [-0.3, -0.25) is 24.0 Å². The number of nitrogens with zero attached hydrogens (tertiary/aromatic N) is 2. The molecule has 2 amide bonds. The van der Waals surface area contributed by atoms with E-state index in [4.69, 9.17) is 6.42 Å². The molecular weight excluding hydrogens is 289 g/mol. The Morgan fingerprint density at radius 1 is 1.36 bits per heavy atom. The van der Waals surface area contributed by atoms with Crippen molar-refractivity contribution in [3.8, 4) is 12.3 Å². The molecule has 1 aromatic heterocycles. The molecule has 2 aromatic rings. The van der Waals surface area contributed by atoms with Crippen LogP contribution in [0, 0.1) is 18.2 Å². The lowest BCUT2D eigenvalue weighted by Gasteiger charge is -2.21. The van der Waals surface area contributed by atoms with Crippen LogP contribution in [0.25, 0.3) is 11.0 Å². The normalized spacial score (nSPS) is 18.3. The number of nitrogens with one attached hydrogen (secondary N) is 1. The fourth-order valence-electron chi connectivity index (χ4n) is 2.77. The van der Waals surface area contributed by atoms with Crippen LogP contribution in [-0.2, 0) is 16.6 Å². The van der Waals surface area contributed by atoms with Crippen molar-refractivity contribution < 1.29 is 14.0 Å². The molecule has 0 radical (unpaired) electrons. The molecule has 1 aromatic carbocycles. The van der Waals surface area contributed by atoms with Gasteiger partial charge in [0.25, 0.3) is 0 Å². The Kier molecular flexibility index (Phi) is 3.10. The first-order chi connectivity index (χ1) is 10.4. The molecule has 1 unspecified atom stereocenters. The van der Waals surface area contributed by atoms with Crippen LogP contribution in [0.2, 0.25) is 0 Å². The van der Waals surface area contributed by atoms with Crippen LogP contribution in [0.4, 0.5) is 4.39 Å². The van der Waals surface area contributed by atoms with E-state index in [1.807, 2.05) is 0 Å². The minimum absolute atomic E-state index is 0.0775. The van der Waals surface area contributed by atoms with E-state index >= 15 is 0 Å². The number of aromatic nitrogens is 2. The predicted octanol–water partition coefficient (Wildman–Crippen LogP) is 0.438. The van der Waals surface area contributed by atoms with Crippen LogP contribution in [0.1, 0.15) is 24.4 Å². The average Bonchev–Trinajstić information content (AvgIpc) is 2.72. The molecule has 3 rings (SSSR count). The van der Waals surface area contributed by atoms with Gasteiger partial charge in [-0.2, -0.15) is 0 Å². The van der Waals surface area contributed by atoms with Crippen LogP contribution >= 0.6 is 0 Å². The lowest BCUT2D eigenvalue weighted by atomic mass is 10.1. The van der Waals surface area contributed by atoms with E-state index in [1.165, 1.54) is 17.7 Å².